The normalized spacial score (nSPS) is 11.6. The Morgan fingerprint density at radius 3 is 1.72 bits per heavy atom. The number of anilines is 2. The van der Waals surface area contributed by atoms with Crippen molar-refractivity contribution < 1.29 is 18.4 Å². The molecule has 0 aliphatic heterocycles. The van der Waals surface area contributed by atoms with Crippen LogP contribution in [0.2, 0.25) is 0 Å². The minimum atomic E-state index is -0.653. The van der Waals surface area contributed by atoms with Crippen LogP contribution in [0.5, 0.6) is 0 Å². The fourth-order valence-corrected chi connectivity index (χ4v) is 8.54. The number of rotatable bonds is 8. The van der Waals surface area contributed by atoms with E-state index < -0.39 is 11.7 Å². The van der Waals surface area contributed by atoms with E-state index in [2.05, 4.69) is 71.6 Å². The zero-order valence-corrected chi connectivity index (χ0v) is 38.0. The van der Waals surface area contributed by atoms with Gasteiger partial charge in [0, 0.05) is 105 Å². The number of nitrogens with one attached hydrogen (secondary N) is 1. The number of fused-ring (bicyclic) bond motifs is 6. The number of amides is 1. The Kier molecular flexibility index (Phi) is 11.1. The number of nitrogens with zero attached hydrogens (tertiary/aromatic N) is 7. The molecule has 4 aromatic carbocycles. The molecule has 12 heteroatoms. The van der Waals surface area contributed by atoms with Gasteiger partial charge < -0.3 is 18.9 Å². The summed E-state index contributed by atoms with van der Waals surface area (Å²) in [6.07, 6.45) is 13.9. The molecule has 0 fully saturated rings. The van der Waals surface area contributed by atoms with Crippen LogP contribution < -0.4 is 10.2 Å². The van der Waals surface area contributed by atoms with Crippen LogP contribution in [-0.4, -0.2) is 41.6 Å². The van der Waals surface area contributed by atoms with E-state index >= 15 is 0 Å². The molecule has 336 valence electrons. The molecule has 12 rings (SSSR count). The third-order valence-corrected chi connectivity index (χ3v) is 11.8. The average Bonchev–Trinajstić information content (AvgIpc) is 4.02. The molecule has 0 atom stereocenters. The zero-order valence-electron chi connectivity index (χ0n) is 38.0. The molecular formula is C57H44N8O4. The van der Waals surface area contributed by atoms with Crippen molar-refractivity contribution in [2.45, 2.75) is 39.5 Å². The lowest BCUT2D eigenvalue weighted by molar-refractivity contribution is 0.0578. The SMILES string of the molecule is CC(C)(C)OC(=O)N(Cc1ccc2cncc(-c3cc4ccccc4o3)c2c1)c1ccnc2ncccc12.c1ccc2oc(-c3cncc4ccc(CNc5ccnc6ncccc56)cc34)cc2c1. The van der Waals surface area contributed by atoms with Gasteiger partial charge in [-0.1, -0.05) is 60.7 Å². The van der Waals surface area contributed by atoms with Crippen molar-refractivity contribution in [2.75, 3.05) is 10.2 Å². The monoisotopic (exact) mass is 904 g/mol. The van der Waals surface area contributed by atoms with Gasteiger partial charge in [-0.15, -0.1) is 0 Å². The first-order valence-electron chi connectivity index (χ1n) is 22.6. The molecule has 0 bridgehead atoms. The summed E-state index contributed by atoms with van der Waals surface area (Å²) >= 11 is 0. The third kappa shape index (κ3) is 8.86. The summed E-state index contributed by atoms with van der Waals surface area (Å²) < 4.78 is 18.1. The van der Waals surface area contributed by atoms with E-state index in [0.29, 0.717) is 24.4 Å². The number of para-hydroxylation sites is 2. The van der Waals surface area contributed by atoms with Crippen LogP contribution >= 0.6 is 0 Å². The molecule has 8 aromatic heterocycles. The predicted molar refractivity (Wildman–Crippen MR) is 273 cm³/mol. The molecule has 0 unspecified atom stereocenters. The van der Waals surface area contributed by atoms with E-state index in [0.717, 1.165) is 93.8 Å². The van der Waals surface area contributed by atoms with Crippen LogP contribution in [0.25, 0.3) is 88.2 Å². The van der Waals surface area contributed by atoms with E-state index in [9.17, 15) is 4.79 Å². The number of ether oxygens (including phenoxy) is 1. The van der Waals surface area contributed by atoms with Gasteiger partial charge in [0.05, 0.1) is 12.2 Å². The summed E-state index contributed by atoms with van der Waals surface area (Å²) in [5, 5.41) is 11.6. The Bertz CT molecular complexity index is 3780. The summed E-state index contributed by atoms with van der Waals surface area (Å²) in [6, 6.07) is 44.1. The summed E-state index contributed by atoms with van der Waals surface area (Å²) in [5.74, 6) is 1.58. The number of carbonyl (C=O) groups is 1. The van der Waals surface area contributed by atoms with Gasteiger partial charge in [0.2, 0.25) is 0 Å². The second-order valence-corrected chi connectivity index (χ2v) is 17.6. The van der Waals surface area contributed by atoms with Crippen molar-refractivity contribution >= 4 is 83.0 Å². The minimum absolute atomic E-state index is 0.292. The van der Waals surface area contributed by atoms with Gasteiger partial charge in [0.1, 0.15) is 28.3 Å². The Balaban J connectivity index is 0.000000154. The highest BCUT2D eigenvalue weighted by molar-refractivity contribution is 6.01. The van der Waals surface area contributed by atoms with E-state index in [-0.39, 0.29) is 0 Å². The standard InChI is InChI=1S/C31H26N4O3.C26H18N4O/c1-31(2,3)38-30(36)35(26-12-14-34-29-23(26)8-6-13-33-29)19-20-10-11-22-17-32-18-25(24(22)15-20)28-16-21-7-4-5-9-27(21)37-28;1-2-6-24-18(4-1)13-25(31-24)22-16-27-15-19-8-7-17(12-21(19)22)14-30-23-9-11-29-26-20(23)5-3-10-28-26/h4-18H,19H2,1-3H3;1-13,15-16H,14H2,(H,28,29,30). The van der Waals surface area contributed by atoms with Crippen molar-refractivity contribution in [3.63, 3.8) is 0 Å². The number of aromatic nitrogens is 6. The van der Waals surface area contributed by atoms with Crippen LogP contribution in [0.4, 0.5) is 16.2 Å². The van der Waals surface area contributed by atoms with E-state index in [1.807, 2.05) is 143 Å². The number of carbonyl (C=O) groups excluding carboxylic acids is 1. The molecule has 69 heavy (non-hydrogen) atoms. The maximum atomic E-state index is 13.5. The molecule has 8 heterocycles. The van der Waals surface area contributed by atoms with E-state index in [1.165, 1.54) is 5.56 Å². The van der Waals surface area contributed by atoms with Crippen molar-refractivity contribution in [1.82, 2.24) is 29.9 Å². The molecule has 1 amide bonds. The highest BCUT2D eigenvalue weighted by Gasteiger charge is 2.26. The number of benzene rings is 4. The number of pyridine rings is 6. The van der Waals surface area contributed by atoms with Crippen LogP contribution in [0.15, 0.2) is 192 Å². The topological polar surface area (TPSA) is 145 Å². The fraction of sp³-hybridized carbons (Fsp3) is 0.105. The van der Waals surface area contributed by atoms with Crippen LogP contribution in [0, 0.1) is 0 Å². The second kappa shape index (κ2) is 18.0. The first-order valence-corrected chi connectivity index (χ1v) is 22.6. The predicted octanol–water partition coefficient (Wildman–Crippen LogP) is 13.7. The highest BCUT2D eigenvalue weighted by Crippen LogP contribution is 2.36. The molecule has 12 nitrogen and oxygen atoms in total. The van der Waals surface area contributed by atoms with Gasteiger partial charge in [0.25, 0.3) is 0 Å². The van der Waals surface area contributed by atoms with E-state index in [1.54, 1.807) is 29.7 Å². The molecule has 0 spiro atoms. The van der Waals surface area contributed by atoms with E-state index in [4.69, 9.17) is 13.6 Å². The van der Waals surface area contributed by atoms with Gasteiger partial charge >= 0.3 is 6.09 Å². The Morgan fingerprint density at radius 1 is 0.551 bits per heavy atom. The summed E-state index contributed by atoms with van der Waals surface area (Å²) in [7, 11) is 0. The lowest BCUT2D eigenvalue weighted by Gasteiger charge is -2.28. The maximum Gasteiger partial charge on any atom is 0.415 e. The Labute approximate surface area is 396 Å². The van der Waals surface area contributed by atoms with Crippen LogP contribution in [0.3, 0.4) is 0 Å². The van der Waals surface area contributed by atoms with Crippen LogP contribution in [0.1, 0.15) is 31.9 Å². The zero-order chi connectivity index (χ0) is 46.9. The molecule has 0 saturated carbocycles. The molecule has 0 radical (unpaired) electrons. The summed E-state index contributed by atoms with van der Waals surface area (Å²) in [6.45, 7) is 6.56. The first-order chi connectivity index (χ1) is 33.7. The van der Waals surface area contributed by atoms with Gasteiger partial charge in [0.15, 0.2) is 11.3 Å². The molecular weight excluding hydrogens is 861 g/mol. The molecule has 1 N–H and O–H groups in total. The number of hydrogen-bond acceptors (Lipinski definition) is 11. The van der Waals surface area contributed by atoms with Crippen molar-refractivity contribution in [1.29, 1.82) is 0 Å². The molecule has 0 aliphatic rings. The lowest BCUT2D eigenvalue weighted by Crippen LogP contribution is -2.36. The van der Waals surface area contributed by atoms with Crippen molar-refractivity contribution in [2.24, 2.45) is 0 Å². The lowest BCUT2D eigenvalue weighted by atomic mass is 10.0. The summed E-state index contributed by atoms with van der Waals surface area (Å²) in [5.41, 5.74) is 8.05. The summed E-state index contributed by atoms with van der Waals surface area (Å²) in [4.78, 5) is 41.4. The largest absolute Gasteiger partial charge is 0.456 e. The van der Waals surface area contributed by atoms with Gasteiger partial charge in [-0.05, 0) is 115 Å². The van der Waals surface area contributed by atoms with Gasteiger partial charge in [-0.25, -0.2) is 24.7 Å². The van der Waals surface area contributed by atoms with Crippen molar-refractivity contribution in [3.05, 3.63) is 194 Å². The number of hydrogen-bond donors (Lipinski definition) is 1. The average molecular weight is 905 g/mol. The smallest absolute Gasteiger partial charge is 0.415 e. The number of furan rings is 2. The van der Waals surface area contributed by atoms with Crippen molar-refractivity contribution in [3.8, 4) is 22.6 Å². The molecule has 0 saturated heterocycles. The van der Waals surface area contributed by atoms with Gasteiger partial charge in [-0.2, -0.15) is 0 Å². The fourth-order valence-electron chi connectivity index (χ4n) is 8.54. The van der Waals surface area contributed by atoms with Crippen LogP contribution in [-0.2, 0) is 17.8 Å². The third-order valence-electron chi connectivity index (χ3n) is 11.8. The van der Waals surface area contributed by atoms with Gasteiger partial charge in [-0.3, -0.25) is 14.9 Å². The second-order valence-electron chi connectivity index (χ2n) is 17.6. The first kappa shape index (κ1) is 42.6. The minimum Gasteiger partial charge on any atom is -0.456 e. The quantitative estimate of drug-likeness (QED) is 0.155. The molecule has 0 aliphatic carbocycles. The maximum absolute atomic E-state index is 13.5. The Hall–Kier alpha value is -9.03. The molecule has 12 aromatic rings. The highest BCUT2D eigenvalue weighted by atomic mass is 16.6. The Morgan fingerprint density at radius 2 is 1.10 bits per heavy atom.